The van der Waals surface area contributed by atoms with Crippen LogP contribution in [0.3, 0.4) is 0 Å². The Balaban J connectivity index is 1.94. The number of benzene rings is 1. The van der Waals surface area contributed by atoms with Crippen molar-refractivity contribution in [2.75, 3.05) is 13.1 Å². The summed E-state index contributed by atoms with van der Waals surface area (Å²) in [5.41, 5.74) is 7.16. The predicted molar refractivity (Wildman–Crippen MR) is 85.9 cm³/mol. The minimum Gasteiger partial charge on any atom is -0.370 e. The Morgan fingerprint density at radius 1 is 1.33 bits per heavy atom. The Bertz CT molecular complexity index is 475. The van der Waals surface area contributed by atoms with E-state index in [1.807, 2.05) is 12.1 Å². The van der Waals surface area contributed by atoms with Gasteiger partial charge in [-0.3, -0.25) is 4.99 Å². The molecule has 21 heavy (non-hydrogen) atoms. The zero-order valence-electron chi connectivity index (χ0n) is 13.0. The Morgan fingerprint density at radius 2 is 2.00 bits per heavy atom. The second kappa shape index (κ2) is 6.92. The molecule has 1 aliphatic carbocycles. The molecule has 0 saturated heterocycles. The van der Waals surface area contributed by atoms with E-state index in [2.05, 4.69) is 24.2 Å². The van der Waals surface area contributed by atoms with Gasteiger partial charge in [0.05, 0.1) is 6.54 Å². The van der Waals surface area contributed by atoms with Crippen molar-refractivity contribution in [3.05, 3.63) is 35.6 Å². The molecule has 4 heteroatoms. The number of nitrogens with two attached hydrogens (primary N) is 1. The predicted octanol–water partition coefficient (Wildman–Crippen LogP) is 3.20. The summed E-state index contributed by atoms with van der Waals surface area (Å²) < 4.78 is 13.1. The number of nitrogens with one attached hydrogen (secondary N) is 1. The van der Waals surface area contributed by atoms with Crippen LogP contribution in [0.5, 0.6) is 0 Å². The van der Waals surface area contributed by atoms with Crippen LogP contribution in [0.4, 0.5) is 4.39 Å². The molecule has 1 fully saturated rings. The number of halogens is 1. The van der Waals surface area contributed by atoms with Crippen LogP contribution >= 0.6 is 0 Å². The first-order chi connectivity index (χ1) is 10.0. The summed E-state index contributed by atoms with van der Waals surface area (Å²) in [4.78, 5) is 4.50. The first-order valence-electron chi connectivity index (χ1n) is 7.82. The molecule has 1 saturated carbocycles. The Hall–Kier alpha value is -1.58. The van der Waals surface area contributed by atoms with Crippen molar-refractivity contribution in [3.63, 3.8) is 0 Å². The molecule has 2 rings (SSSR count). The molecule has 0 heterocycles. The molecule has 0 aliphatic heterocycles. The van der Waals surface area contributed by atoms with Gasteiger partial charge in [0.1, 0.15) is 5.82 Å². The third-order valence-electron chi connectivity index (χ3n) is 4.35. The molecule has 1 aromatic carbocycles. The van der Waals surface area contributed by atoms with Gasteiger partial charge >= 0.3 is 0 Å². The van der Waals surface area contributed by atoms with E-state index in [9.17, 15) is 4.39 Å². The van der Waals surface area contributed by atoms with Crippen LogP contribution in [-0.4, -0.2) is 19.0 Å². The lowest BCUT2D eigenvalue weighted by molar-refractivity contribution is 0.253. The second-order valence-electron chi connectivity index (χ2n) is 6.45. The molecule has 0 spiro atoms. The summed E-state index contributed by atoms with van der Waals surface area (Å²) in [6.45, 7) is 5.91. The second-order valence-corrected chi connectivity index (χ2v) is 6.45. The highest BCUT2D eigenvalue weighted by atomic mass is 19.1. The van der Waals surface area contributed by atoms with Crippen LogP contribution in [0, 0.1) is 11.7 Å². The minimum atomic E-state index is -0.188. The lowest BCUT2D eigenvalue weighted by Gasteiger charge is -2.41. The molecule has 0 radical (unpaired) electrons. The maximum absolute atomic E-state index is 13.1. The van der Waals surface area contributed by atoms with Crippen LogP contribution in [-0.2, 0) is 5.41 Å². The van der Waals surface area contributed by atoms with E-state index in [1.54, 1.807) is 0 Å². The first-order valence-corrected chi connectivity index (χ1v) is 7.82. The molecular weight excluding hydrogens is 265 g/mol. The van der Waals surface area contributed by atoms with E-state index in [4.69, 9.17) is 5.73 Å². The Morgan fingerprint density at radius 3 is 2.52 bits per heavy atom. The zero-order chi connectivity index (χ0) is 15.3. The van der Waals surface area contributed by atoms with Crippen LogP contribution in [0.1, 0.15) is 45.1 Å². The normalized spacial score (nSPS) is 17.6. The van der Waals surface area contributed by atoms with Crippen molar-refractivity contribution in [2.24, 2.45) is 16.6 Å². The number of hydrogen-bond donors (Lipinski definition) is 2. The number of hydrogen-bond acceptors (Lipinski definition) is 1. The molecular formula is C17H26FN3. The van der Waals surface area contributed by atoms with Crippen molar-refractivity contribution in [3.8, 4) is 0 Å². The summed E-state index contributed by atoms with van der Waals surface area (Å²) in [5.74, 6) is 0.984. The largest absolute Gasteiger partial charge is 0.370 e. The van der Waals surface area contributed by atoms with Gasteiger partial charge in [0.25, 0.3) is 0 Å². The summed E-state index contributed by atoms with van der Waals surface area (Å²) >= 11 is 0. The van der Waals surface area contributed by atoms with Gasteiger partial charge in [-0.1, -0.05) is 32.4 Å². The van der Waals surface area contributed by atoms with Crippen molar-refractivity contribution in [1.82, 2.24) is 5.32 Å². The van der Waals surface area contributed by atoms with Gasteiger partial charge in [-0.15, -0.1) is 0 Å². The number of rotatable bonds is 6. The fourth-order valence-electron chi connectivity index (χ4n) is 2.73. The van der Waals surface area contributed by atoms with Gasteiger partial charge in [0, 0.05) is 12.0 Å². The third kappa shape index (κ3) is 4.19. The van der Waals surface area contributed by atoms with Crippen molar-refractivity contribution >= 4 is 5.96 Å². The number of aliphatic imine (C=N–C) groups is 1. The monoisotopic (exact) mass is 291 g/mol. The molecule has 0 amide bonds. The highest BCUT2D eigenvalue weighted by molar-refractivity contribution is 5.77. The molecule has 1 aromatic rings. The van der Waals surface area contributed by atoms with Crippen molar-refractivity contribution in [2.45, 2.75) is 44.9 Å². The van der Waals surface area contributed by atoms with E-state index in [1.165, 1.54) is 24.1 Å². The van der Waals surface area contributed by atoms with E-state index < -0.39 is 0 Å². The molecule has 0 bridgehead atoms. The molecule has 0 atom stereocenters. The fraction of sp³-hybridized carbons (Fsp3) is 0.588. The van der Waals surface area contributed by atoms with E-state index in [0.717, 1.165) is 25.8 Å². The minimum absolute atomic E-state index is 0.0536. The topological polar surface area (TPSA) is 50.4 Å². The van der Waals surface area contributed by atoms with E-state index in [0.29, 0.717) is 18.4 Å². The standard InChI is InChI=1S/C17H26FN3/c1-13(2)8-11-20-16(19)21-12-17(9-3-10-17)14-4-6-15(18)7-5-14/h4-7,13H,3,8-12H2,1-2H3,(H3,19,20,21). The fourth-order valence-corrected chi connectivity index (χ4v) is 2.73. The van der Waals surface area contributed by atoms with Gasteiger partial charge < -0.3 is 11.1 Å². The van der Waals surface area contributed by atoms with Crippen LogP contribution in [0.2, 0.25) is 0 Å². The SMILES string of the molecule is CC(C)CCNC(N)=NCC1(c2ccc(F)cc2)CCC1. The van der Waals surface area contributed by atoms with Gasteiger partial charge in [0.15, 0.2) is 5.96 Å². The van der Waals surface area contributed by atoms with Gasteiger partial charge in [-0.05, 0) is 42.9 Å². The number of guanidine groups is 1. The van der Waals surface area contributed by atoms with Crippen molar-refractivity contribution < 1.29 is 4.39 Å². The average molecular weight is 291 g/mol. The molecule has 3 nitrogen and oxygen atoms in total. The Kier molecular flexibility index (Phi) is 5.21. The molecule has 0 aromatic heterocycles. The summed E-state index contributed by atoms with van der Waals surface area (Å²) in [6.07, 6.45) is 4.48. The smallest absolute Gasteiger partial charge is 0.188 e. The maximum Gasteiger partial charge on any atom is 0.188 e. The van der Waals surface area contributed by atoms with Crippen molar-refractivity contribution in [1.29, 1.82) is 0 Å². The van der Waals surface area contributed by atoms with Gasteiger partial charge in [-0.2, -0.15) is 0 Å². The van der Waals surface area contributed by atoms with E-state index >= 15 is 0 Å². The van der Waals surface area contributed by atoms with Crippen LogP contribution in [0.15, 0.2) is 29.3 Å². The summed E-state index contributed by atoms with van der Waals surface area (Å²) in [7, 11) is 0. The zero-order valence-corrected chi connectivity index (χ0v) is 13.0. The van der Waals surface area contributed by atoms with Crippen LogP contribution < -0.4 is 11.1 Å². The highest BCUT2D eigenvalue weighted by Crippen LogP contribution is 2.43. The maximum atomic E-state index is 13.1. The van der Waals surface area contributed by atoms with E-state index in [-0.39, 0.29) is 11.2 Å². The molecule has 0 unspecified atom stereocenters. The van der Waals surface area contributed by atoms with Gasteiger partial charge in [-0.25, -0.2) is 4.39 Å². The lowest BCUT2D eigenvalue weighted by Crippen LogP contribution is -2.40. The quantitative estimate of drug-likeness (QED) is 0.624. The first kappa shape index (κ1) is 15.8. The number of nitrogens with zero attached hydrogens (tertiary/aromatic N) is 1. The highest BCUT2D eigenvalue weighted by Gasteiger charge is 2.38. The third-order valence-corrected chi connectivity index (χ3v) is 4.35. The van der Waals surface area contributed by atoms with Crippen LogP contribution in [0.25, 0.3) is 0 Å². The van der Waals surface area contributed by atoms with Gasteiger partial charge in [0.2, 0.25) is 0 Å². The average Bonchev–Trinajstić information content (AvgIpc) is 2.39. The Labute approximate surface area is 126 Å². The summed E-state index contributed by atoms with van der Waals surface area (Å²) in [6, 6.07) is 6.82. The molecule has 1 aliphatic rings. The lowest BCUT2D eigenvalue weighted by atomic mass is 9.64. The summed E-state index contributed by atoms with van der Waals surface area (Å²) in [5, 5.41) is 3.16. The molecule has 3 N–H and O–H groups in total. The molecule has 116 valence electrons.